The number of aliphatic carboxylic acids is 1. The fourth-order valence-electron chi connectivity index (χ4n) is 6.03. The number of nitrogens with zero attached hydrogens (tertiary/aromatic N) is 2. The standard InChI is InChI=1S/C27H24FN5O3.C2HF3O2/c28-20-4-3-15(19-13-31-33-25(19)20)21-18-12-17(14-5-7-27(8-6-14)35-10-11-36-27)23-16(2-1-9-30-23)24(18)32-26(34)22(21)29;3-2(4,5)1(6)7/h1-4,9,12-14H,5-8,10-11,29H2,(H,31,33)(H,32,34);(H,6,7). The van der Waals surface area contributed by atoms with Crippen LogP contribution in [0.3, 0.4) is 0 Å². The van der Waals surface area contributed by atoms with E-state index in [4.69, 9.17) is 30.1 Å². The van der Waals surface area contributed by atoms with Gasteiger partial charge in [0.05, 0.1) is 30.4 Å². The molecule has 5 aromatic rings. The number of aromatic amines is 2. The van der Waals surface area contributed by atoms with Crippen molar-refractivity contribution in [2.75, 3.05) is 18.9 Å². The number of halogens is 4. The van der Waals surface area contributed by atoms with E-state index in [0.29, 0.717) is 35.2 Å². The molecule has 1 saturated heterocycles. The van der Waals surface area contributed by atoms with Crippen LogP contribution >= 0.6 is 0 Å². The van der Waals surface area contributed by atoms with Crippen LogP contribution in [0.5, 0.6) is 0 Å². The number of alkyl halides is 3. The minimum Gasteiger partial charge on any atom is -0.475 e. The number of rotatable bonds is 2. The molecule has 2 fully saturated rings. The summed E-state index contributed by atoms with van der Waals surface area (Å²) >= 11 is 0. The fourth-order valence-corrected chi connectivity index (χ4v) is 6.03. The van der Waals surface area contributed by atoms with Gasteiger partial charge in [0, 0.05) is 40.8 Å². The van der Waals surface area contributed by atoms with Crippen LogP contribution in [0.1, 0.15) is 37.2 Å². The van der Waals surface area contributed by atoms with Crippen LogP contribution in [0.25, 0.3) is 43.8 Å². The molecule has 0 unspecified atom stereocenters. The second-order valence-electron chi connectivity index (χ2n) is 10.5. The molecule has 3 aromatic heterocycles. The maximum absolute atomic E-state index is 14.5. The molecular weight excluding hydrogens is 574 g/mol. The van der Waals surface area contributed by atoms with E-state index in [2.05, 4.69) is 21.2 Å². The molecule has 0 amide bonds. The highest BCUT2D eigenvalue weighted by molar-refractivity contribution is 6.15. The molecule has 1 saturated carbocycles. The minimum atomic E-state index is -5.08. The lowest BCUT2D eigenvalue weighted by Gasteiger charge is -2.35. The number of fused-ring (bicyclic) bond motifs is 4. The Bertz CT molecular complexity index is 1920. The first kappa shape index (κ1) is 28.6. The molecule has 1 aliphatic heterocycles. The molecule has 0 radical (unpaired) electrons. The van der Waals surface area contributed by atoms with Crippen LogP contribution in [0.15, 0.2) is 47.5 Å². The summed E-state index contributed by atoms with van der Waals surface area (Å²) in [6.07, 6.45) is 1.68. The molecule has 4 heterocycles. The third-order valence-corrected chi connectivity index (χ3v) is 8.02. The molecule has 0 atom stereocenters. The summed E-state index contributed by atoms with van der Waals surface area (Å²) < 4.78 is 58.1. The first-order chi connectivity index (χ1) is 20.5. The van der Waals surface area contributed by atoms with Gasteiger partial charge in [-0.2, -0.15) is 18.3 Å². The van der Waals surface area contributed by atoms with Crippen LogP contribution in [0.2, 0.25) is 0 Å². The quantitative estimate of drug-likeness (QED) is 0.156. The van der Waals surface area contributed by atoms with Crippen LogP contribution in [0.4, 0.5) is 23.2 Å². The highest BCUT2D eigenvalue weighted by atomic mass is 19.4. The molecule has 224 valence electrons. The molecular formula is C29H25F4N5O5. The van der Waals surface area contributed by atoms with Gasteiger partial charge in [-0.3, -0.25) is 14.9 Å². The first-order valence-electron chi connectivity index (χ1n) is 13.4. The zero-order valence-electron chi connectivity index (χ0n) is 22.4. The molecule has 14 heteroatoms. The SMILES string of the molecule is Nc1c(-c2ccc(F)c3[nH]ncc23)c2cc(C3CCC4(CC3)OCCO4)c3ncccc3c2[nH]c1=O.O=C(O)C(F)(F)F. The van der Waals surface area contributed by atoms with Crippen molar-refractivity contribution >= 4 is 44.4 Å². The van der Waals surface area contributed by atoms with Gasteiger partial charge in [-0.25, -0.2) is 9.18 Å². The lowest BCUT2D eigenvalue weighted by Crippen LogP contribution is -2.34. The zero-order chi connectivity index (χ0) is 30.5. The van der Waals surface area contributed by atoms with Crippen LogP contribution in [0, 0.1) is 5.82 Å². The molecule has 2 aromatic carbocycles. The van der Waals surface area contributed by atoms with Crippen molar-refractivity contribution < 1.29 is 36.9 Å². The lowest BCUT2D eigenvalue weighted by atomic mass is 9.79. The topological polar surface area (TPSA) is 156 Å². The monoisotopic (exact) mass is 599 g/mol. The second kappa shape index (κ2) is 10.6. The number of H-pyrrole nitrogens is 2. The summed E-state index contributed by atoms with van der Waals surface area (Å²) in [5, 5.41) is 16.1. The van der Waals surface area contributed by atoms with Gasteiger partial charge in [-0.05, 0) is 54.2 Å². The maximum Gasteiger partial charge on any atom is 0.490 e. The van der Waals surface area contributed by atoms with E-state index >= 15 is 0 Å². The van der Waals surface area contributed by atoms with Gasteiger partial charge in [-0.1, -0.05) is 6.07 Å². The van der Waals surface area contributed by atoms with Gasteiger partial charge in [0.2, 0.25) is 0 Å². The Labute approximate surface area is 239 Å². The van der Waals surface area contributed by atoms with Crippen molar-refractivity contribution in [3.05, 3.63) is 64.5 Å². The Morgan fingerprint density at radius 3 is 2.44 bits per heavy atom. The molecule has 1 spiro atoms. The zero-order valence-corrected chi connectivity index (χ0v) is 22.4. The average molecular weight is 600 g/mol. The number of nitrogen functional groups attached to an aromatic ring is 1. The van der Waals surface area contributed by atoms with Crippen molar-refractivity contribution in [1.82, 2.24) is 20.2 Å². The number of ether oxygens (including phenoxy) is 2. The van der Waals surface area contributed by atoms with Gasteiger partial charge in [0.15, 0.2) is 5.79 Å². The van der Waals surface area contributed by atoms with Crippen molar-refractivity contribution in [2.24, 2.45) is 0 Å². The number of carbonyl (C=O) groups is 1. The Hall–Kier alpha value is -4.56. The van der Waals surface area contributed by atoms with Gasteiger partial charge >= 0.3 is 12.1 Å². The van der Waals surface area contributed by atoms with Gasteiger partial charge in [-0.15, -0.1) is 0 Å². The van der Waals surface area contributed by atoms with E-state index < -0.39 is 29.3 Å². The predicted octanol–water partition coefficient (Wildman–Crippen LogP) is 5.37. The van der Waals surface area contributed by atoms with Gasteiger partial charge in [0.1, 0.15) is 17.0 Å². The molecule has 0 bridgehead atoms. The Kier molecular flexibility index (Phi) is 7.05. The van der Waals surface area contributed by atoms with Crippen LogP contribution in [-0.2, 0) is 14.3 Å². The highest BCUT2D eigenvalue weighted by Crippen LogP contribution is 2.46. The Morgan fingerprint density at radius 1 is 1.07 bits per heavy atom. The number of hydrogen-bond acceptors (Lipinski definition) is 7. The molecule has 10 nitrogen and oxygen atoms in total. The van der Waals surface area contributed by atoms with E-state index in [1.54, 1.807) is 18.5 Å². The maximum atomic E-state index is 14.5. The van der Waals surface area contributed by atoms with Crippen molar-refractivity contribution in [1.29, 1.82) is 0 Å². The number of nitrogens with one attached hydrogen (secondary N) is 2. The van der Waals surface area contributed by atoms with E-state index in [9.17, 15) is 22.4 Å². The number of anilines is 1. The summed E-state index contributed by atoms with van der Waals surface area (Å²) in [6, 6.07) is 8.95. The first-order valence-corrected chi connectivity index (χ1v) is 13.4. The third-order valence-electron chi connectivity index (χ3n) is 8.02. The minimum absolute atomic E-state index is 0.0844. The summed E-state index contributed by atoms with van der Waals surface area (Å²) in [4.78, 5) is 29.6. The largest absolute Gasteiger partial charge is 0.490 e. The lowest BCUT2D eigenvalue weighted by molar-refractivity contribution is -0.192. The number of aromatic nitrogens is 4. The van der Waals surface area contributed by atoms with E-state index in [1.807, 2.05) is 12.1 Å². The van der Waals surface area contributed by atoms with Crippen molar-refractivity contribution in [3.8, 4) is 11.1 Å². The molecule has 43 heavy (non-hydrogen) atoms. The highest BCUT2D eigenvalue weighted by Gasteiger charge is 2.41. The smallest absolute Gasteiger partial charge is 0.475 e. The third kappa shape index (κ3) is 5.06. The summed E-state index contributed by atoms with van der Waals surface area (Å²) in [7, 11) is 0. The number of benzene rings is 2. The summed E-state index contributed by atoms with van der Waals surface area (Å²) in [5.74, 6) is -3.39. The fraction of sp³-hybridized carbons (Fsp3) is 0.310. The molecule has 5 N–H and O–H groups in total. The summed E-state index contributed by atoms with van der Waals surface area (Å²) in [5.41, 5.74) is 10.2. The van der Waals surface area contributed by atoms with Gasteiger partial charge in [0.25, 0.3) is 5.56 Å². The van der Waals surface area contributed by atoms with Crippen molar-refractivity contribution in [3.63, 3.8) is 0 Å². The Balaban J connectivity index is 0.000000423. The number of hydrogen-bond donors (Lipinski definition) is 4. The van der Waals surface area contributed by atoms with Crippen LogP contribution in [-0.4, -0.2) is 56.4 Å². The molecule has 2 aliphatic rings. The normalized spacial score (nSPS) is 17.0. The summed E-state index contributed by atoms with van der Waals surface area (Å²) in [6.45, 7) is 1.28. The Morgan fingerprint density at radius 2 is 1.77 bits per heavy atom. The predicted molar refractivity (Wildman–Crippen MR) is 149 cm³/mol. The number of carboxylic acid groups (broad SMARTS) is 1. The molecule has 1 aliphatic carbocycles. The van der Waals surface area contributed by atoms with Crippen LogP contribution < -0.4 is 11.3 Å². The van der Waals surface area contributed by atoms with E-state index in [-0.39, 0.29) is 17.1 Å². The number of nitrogens with two attached hydrogens (primary N) is 1. The van der Waals surface area contributed by atoms with E-state index in [0.717, 1.165) is 47.5 Å². The average Bonchev–Trinajstić information content (AvgIpc) is 3.66. The number of pyridine rings is 2. The molecule has 7 rings (SSSR count). The van der Waals surface area contributed by atoms with Gasteiger partial charge < -0.3 is 25.3 Å². The second-order valence-corrected chi connectivity index (χ2v) is 10.5. The number of carboxylic acids is 1. The van der Waals surface area contributed by atoms with Crippen molar-refractivity contribution in [2.45, 2.75) is 43.6 Å². The van der Waals surface area contributed by atoms with E-state index in [1.165, 1.54) is 6.07 Å².